The van der Waals surface area contributed by atoms with Gasteiger partial charge in [-0.25, -0.2) is 4.79 Å². The molecule has 0 radical (unpaired) electrons. The van der Waals surface area contributed by atoms with Gasteiger partial charge in [0.25, 0.3) is 0 Å². The average Bonchev–Trinajstić information content (AvgIpc) is 2.53. The van der Waals surface area contributed by atoms with E-state index in [0.29, 0.717) is 24.0 Å². The van der Waals surface area contributed by atoms with Gasteiger partial charge in [-0.3, -0.25) is 4.79 Å². The van der Waals surface area contributed by atoms with Crippen molar-refractivity contribution >= 4 is 11.8 Å². The van der Waals surface area contributed by atoms with Crippen LogP contribution in [-0.4, -0.2) is 22.6 Å². The van der Waals surface area contributed by atoms with Crippen LogP contribution in [0.5, 0.6) is 0 Å². The second kappa shape index (κ2) is 3.57. The summed E-state index contributed by atoms with van der Waals surface area (Å²) in [6, 6.07) is 0. The highest BCUT2D eigenvalue weighted by atomic mass is 16.7. The van der Waals surface area contributed by atoms with Crippen LogP contribution in [0, 0.1) is 17.3 Å². The first-order chi connectivity index (χ1) is 8.77. The number of rotatable bonds is 0. The van der Waals surface area contributed by atoms with Crippen LogP contribution in [-0.2, 0) is 14.3 Å². The fourth-order valence-corrected chi connectivity index (χ4v) is 3.82. The second-order valence-electron chi connectivity index (χ2n) is 6.30. The highest BCUT2D eigenvalue weighted by molar-refractivity contribution is 5.94. The van der Waals surface area contributed by atoms with E-state index >= 15 is 0 Å². The summed E-state index contributed by atoms with van der Waals surface area (Å²) in [6.45, 7) is 5.63. The fourth-order valence-electron chi connectivity index (χ4n) is 3.82. The lowest BCUT2D eigenvalue weighted by Crippen LogP contribution is -2.50. The Morgan fingerprint density at radius 2 is 2.11 bits per heavy atom. The molecule has 102 valence electrons. The van der Waals surface area contributed by atoms with E-state index in [1.54, 1.807) is 13.0 Å². The fraction of sp³-hybridized carbons (Fsp3) is 0.600. The Hall–Kier alpha value is -1.42. The maximum atomic E-state index is 11.8. The molecule has 1 aliphatic heterocycles. The molecule has 0 aromatic rings. The third-order valence-electron chi connectivity index (χ3n) is 5.06. The van der Waals surface area contributed by atoms with Gasteiger partial charge in [0.05, 0.1) is 0 Å². The summed E-state index contributed by atoms with van der Waals surface area (Å²) in [4.78, 5) is 23.5. The minimum atomic E-state index is -1.48. The second-order valence-corrected chi connectivity index (χ2v) is 6.30. The van der Waals surface area contributed by atoms with Crippen LogP contribution < -0.4 is 0 Å². The Labute approximate surface area is 112 Å². The first-order valence-electron chi connectivity index (χ1n) is 6.66. The Balaban J connectivity index is 2.08. The first kappa shape index (κ1) is 12.6. The van der Waals surface area contributed by atoms with Gasteiger partial charge >= 0.3 is 5.97 Å². The van der Waals surface area contributed by atoms with Crippen molar-refractivity contribution in [2.75, 3.05) is 0 Å². The number of hydrogen-bond acceptors (Lipinski definition) is 4. The summed E-state index contributed by atoms with van der Waals surface area (Å²) in [6.07, 6.45) is 4.35. The minimum Gasteiger partial charge on any atom is -0.426 e. The highest BCUT2D eigenvalue weighted by Gasteiger charge is 2.57. The molecule has 0 aromatic heterocycles. The molecule has 3 rings (SSSR count). The van der Waals surface area contributed by atoms with Gasteiger partial charge in [-0.2, -0.15) is 0 Å². The predicted molar refractivity (Wildman–Crippen MR) is 67.9 cm³/mol. The molecule has 0 unspecified atom stereocenters. The molecule has 1 saturated carbocycles. The zero-order chi connectivity index (χ0) is 14.0. The summed E-state index contributed by atoms with van der Waals surface area (Å²) >= 11 is 0. The van der Waals surface area contributed by atoms with E-state index in [1.165, 1.54) is 0 Å². The number of aliphatic hydroxyl groups is 1. The topological polar surface area (TPSA) is 63.6 Å². The van der Waals surface area contributed by atoms with Crippen LogP contribution >= 0.6 is 0 Å². The van der Waals surface area contributed by atoms with Crippen LogP contribution in [0.3, 0.4) is 0 Å². The smallest absolute Gasteiger partial charge is 0.336 e. The van der Waals surface area contributed by atoms with Crippen LogP contribution in [0.15, 0.2) is 23.3 Å². The first-order valence-corrected chi connectivity index (χ1v) is 6.66. The van der Waals surface area contributed by atoms with E-state index < -0.39 is 11.8 Å². The van der Waals surface area contributed by atoms with Gasteiger partial charge in [0.2, 0.25) is 5.79 Å². The lowest BCUT2D eigenvalue weighted by Gasteiger charge is -2.49. The van der Waals surface area contributed by atoms with E-state index in [9.17, 15) is 14.7 Å². The molecule has 0 saturated heterocycles. The Kier molecular flexibility index (Phi) is 2.37. The Morgan fingerprint density at radius 1 is 1.42 bits per heavy atom. The lowest BCUT2D eigenvalue weighted by molar-refractivity contribution is -0.201. The Morgan fingerprint density at radius 3 is 2.79 bits per heavy atom. The number of allylic oxidation sites excluding steroid dienone is 2. The molecule has 0 bridgehead atoms. The standard InChI is InChI=1S/C15H18O4/c1-8-10-6-11-9(2)13(17)19-15(11,18)7-14(10,3)5-4-12(8)16/h4-5,8,10,18H,6-7H2,1-3H3/t8-,10+,14-,15+/m1/s1. The van der Waals surface area contributed by atoms with Crippen molar-refractivity contribution in [3.05, 3.63) is 23.3 Å². The van der Waals surface area contributed by atoms with Crippen LogP contribution in [0.4, 0.5) is 0 Å². The Bertz CT molecular complexity index is 544. The number of carbonyl (C=O) groups is 2. The summed E-state index contributed by atoms with van der Waals surface area (Å²) in [5, 5.41) is 10.6. The normalized spacial score (nSPS) is 45.1. The molecule has 1 N–H and O–H groups in total. The summed E-state index contributed by atoms with van der Waals surface area (Å²) in [5.41, 5.74) is 0.852. The van der Waals surface area contributed by atoms with Crippen molar-refractivity contribution in [1.29, 1.82) is 0 Å². The number of carbonyl (C=O) groups excluding carboxylic acids is 2. The van der Waals surface area contributed by atoms with Gasteiger partial charge < -0.3 is 9.84 Å². The molecule has 4 atom stereocenters. The van der Waals surface area contributed by atoms with Crippen molar-refractivity contribution in [2.24, 2.45) is 17.3 Å². The third kappa shape index (κ3) is 1.56. The van der Waals surface area contributed by atoms with Crippen molar-refractivity contribution in [3.8, 4) is 0 Å². The molecule has 3 aliphatic rings. The quantitative estimate of drug-likeness (QED) is 0.675. The molecule has 4 nitrogen and oxygen atoms in total. The van der Waals surface area contributed by atoms with Gasteiger partial charge in [0.1, 0.15) is 0 Å². The molecule has 4 heteroatoms. The van der Waals surface area contributed by atoms with E-state index in [0.717, 1.165) is 0 Å². The van der Waals surface area contributed by atoms with Gasteiger partial charge in [-0.15, -0.1) is 0 Å². The highest BCUT2D eigenvalue weighted by Crippen LogP contribution is 2.56. The zero-order valence-corrected chi connectivity index (χ0v) is 11.4. The average molecular weight is 262 g/mol. The van der Waals surface area contributed by atoms with Crippen molar-refractivity contribution in [3.63, 3.8) is 0 Å². The van der Waals surface area contributed by atoms with Crippen molar-refractivity contribution in [1.82, 2.24) is 0 Å². The zero-order valence-electron chi connectivity index (χ0n) is 11.4. The number of hydrogen-bond donors (Lipinski definition) is 1. The van der Waals surface area contributed by atoms with Gasteiger partial charge in [0.15, 0.2) is 5.78 Å². The van der Waals surface area contributed by atoms with Crippen molar-refractivity contribution < 1.29 is 19.4 Å². The molecule has 0 amide bonds. The number of ether oxygens (including phenoxy) is 1. The number of ketones is 1. The van der Waals surface area contributed by atoms with Crippen LogP contribution in [0.1, 0.15) is 33.6 Å². The van der Waals surface area contributed by atoms with Gasteiger partial charge in [-0.1, -0.05) is 19.9 Å². The maximum Gasteiger partial charge on any atom is 0.336 e. The molecule has 1 heterocycles. The van der Waals surface area contributed by atoms with Crippen molar-refractivity contribution in [2.45, 2.75) is 39.4 Å². The van der Waals surface area contributed by atoms with E-state index in [-0.39, 0.29) is 23.0 Å². The molecule has 19 heavy (non-hydrogen) atoms. The minimum absolute atomic E-state index is 0.0875. The van der Waals surface area contributed by atoms with Crippen LogP contribution in [0.25, 0.3) is 0 Å². The van der Waals surface area contributed by atoms with Crippen LogP contribution in [0.2, 0.25) is 0 Å². The monoisotopic (exact) mass is 262 g/mol. The van der Waals surface area contributed by atoms with Gasteiger partial charge in [0, 0.05) is 23.5 Å². The molecule has 0 aromatic carbocycles. The molecule has 1 fully saturated rings. The lowest BCUT2D eigenvalue weighted by atomic mass is 9.57. The van der Waals surface area contributed by atoms with E-state index in [4.69, 9.17) is 4.74 Å². The molecule has 0 spiro atoms. The molecular weight excluding hydrogens is 244 g/mol. The number of fused-ring (bicyclic) bond motifs is 2. The number of esters is 1. The summed E-state index contributed by atoms with van der Waals surface area (Å²) in [7, 11) is 0. The van der Waals surface area contributed by atoms with E-state index in [1.807, 2.05) is 19.9 Å². The summed E-state index contributed by atoms with van der Waals surface area (Å²) < 4.78 is 5.17. The largest absolute Gasteiger partial charge is 0.426 e. The predicted octanol–water partition coefficient (Wildman–Crippen LogP) is 1.74. The maximum absolute atomic E-state index is 11.8. The van der Waals surface area contributed by atoms with Gasteiger partial charge in [-0.05, 0) is 30.8 Å². The third-order valence-corrected chi connectivity index (χ3v) is 5.06. The molecule has 2 aliphatic carbocycles. The summed E-state index contributed by atoms with van der Waals surface area (Å²) in [5.74, 6) is -1.77. The van der Waals surface area contributed by atoms with E-state index in [2.05, 4.69) is 0 Å². The SMILES string of the molecule is CC1=C2C[C@H]3[C@@H](C)C(=O)C=C[C@]3(C)C[C@]2(O)OC1=O. The molecular formula is C15H18O4.